The van der Waals surface area contributed by atoms with Crippen molar-refractivity contribution in [3.63, 3.8) is 0 Å². The lowest BCUT2D eigenvalue weighted by Crippen LogP contribution is -2.46. The van der Waals surface area contributed by atoms with Gasteiger partial charge in [0.25, 0.3) is 0 Å². The van der Waals surface area contributed by atoms with Gasteiger partial charge < -0.3 is 4.90 Å². The van der Waals surface area contributed by atoms with Crippen molar-refractivity contribution in [1.82, 2.24) is 4.90 Å². The highest BCUT2D eigenvalue weighted by Gasteiger charge is 2.18. The summed E-state index contributed by atoms with van der Waals surface area (Å²) in [5.41, 5.74) is 3.43. The normalized spacial score (nSPS) is 15.0. The Balaban J connectivity index is 1.64. The van der Waals surface area contributed by atoms with Gasteiger partial charge in [0.15, 0.2) is 0 Å². The summed E-state index contributed by atoms with van der Waals surface area (Å²) < 4.78 is 0. The summed E-state index contributed by atoms with van der Waals surface area (Å²) >= 11 is 0. The maximum atomic E-state index is 10.9. The number of hydrogen-bond acceptors (Lipinski definition) is 5. The molecule has 2 aromatic rings. The van der Waals surface area contributed by atoms with Crippen LogP contribution in [0, 0.1) is 16.2 Å². The Morgan fingerprint density at radius 3 is 2.54 bits per heavy atom. The number of nitroso groups, excluding NO2 is 1. The van der Waals surface area contributed by atoms with E-state index in [0.29, 0.717) is 5.56 Å². The van der Waals surface area contributed by atoms with E-state index in [0.717, 1.165) is 49.4 Å². The molecular weight excluding hydrogens is 299 g/mol. The minimum Gasteiger partial charge on any atom is -0.369 e. The van der Waals surface area contributed by atoms with Crippen molar-refractivity contribution in [2.75, 3.05) is 31.1 Å². The summed E-state index contributed by atoms with van der Waals surface area (Å²) in [5, 5.41) is 11.9. The van der Waals surface area contributed by atoms with Gasteiger partial charge in [-0.3, -0.25) is 4.90 Å². The largest absolute Gasteiger partial charge is 0.369 e. The molecule has 1 saturated heterocycles. The van der Waals surface area contributed by atoms with Gasteiger partial charge in [0.2, 0.25) is 0 Å². The van der Waals surface area contributed by atoms with Crippen LogP contribution in [-0.4, -0.2) is 38.9 Å². The molecule has 1 fully saturated rings. The van der Waals surface area contributed by atoms with Crippen LogP contribution in [0.4, 0.5) is 11.4 Å². The van der Waals surface area contributed by atoms with Crippen molar-refractivity contribution < 1.29 is 0 Å². The van der Waals surface area contributed by atoms with E-state index in [9.17, 15) is 4.91 Å². The third kappa shape index (κ3) is 3.47. The lowest BCUT2D eigenvalue weighted by molar-refractivity contribution is 0.250. The predicted octanol–water partition coefficient (Wildman–Crippen LogP) is 2.07. The van der Waals surface area contributed by atoms with E-state index in [1.54, 1.807) is 12.1 Å². The second-order valence-electron chi connectivity index (χ2n) is 5.87. The molecule has 0 aromatic heterocycles. The molecule has 2 radical (unpaired) electrons. The SMILES string of the molecule is [B]c1ccccc1CN1CCN(c2ccc(C#N)c(N=O)c2)CC1. The summed E-state index contributed by atoms with van der Waals surface area (Å²) in [7, 11) is 6.01. The van der Waals surface area contributed by atoms with Crippen molar-refractivity contribution in [2.24, 2.45) is 5.18 Å². The summed E-state index contributed by atoms with van der Waals surface area (Å²) in [5.74, 6) is 0. The van der Waals surface area contributed by atoms with Crippen LogP contribution in [0.5, 0.6) is 0 Å². The zero-order valence-corrected chi connectivity index (χ0v) is 13.4. The average Bonchev–Trinajstić information content (AvgIpc) is 2.63. The van der Waals surface area contributed by atoms with Gasteiger partial charge in [-0.2, -0.15) is 5.26 Å². The van der Waals surface area contributed by atoms with Crippen molar-refractivity contribution in [2.45, 2.75) is 6.54 Å². The van der Waals surface area contributed by atoms with E-state index >= 15 is 0 Å². The molecule has 24 heavy (non-hydrogen) atoms. The van der Waals surface area contributed by atoms with E-state index in [-0.39, 0.29) is 5.69 Å². The van der Waals surface area contributed by atoms with Gasteiger partial charge in [-0.1, -0.05) is 29.7 Å². The molecular formula is C18H17BN4O. The first-order valence-electron chi connectivity index (χ1n) is 7.89. The van der Waals surface area contributed by atoms with Crippen molar-refractivity contribution in [3.8, 4) is 6.07 Å². The Morgan fingerprint density at radius 1 is 1.12 bits per heavy atom. The Morgan fingerprint density at radius 2 is 1.88 bits per heavy atom. The van der Waals surface area contributed by atoms with Crippen LogP contribution >= 0.6 is 0 Å². The first kappa shape index (κ1) is 16.2. The molecule has 118 valence electrons. The highest BCUT2D eigenvalue weighted by atomic mass is 16.3. The molecule has 0 aliphatic carbocycles. The van der Waals surface area contributed by atoms with E-state index < -0.39 is 0 Å². The minimum atomic E-state index is 0.203. The van der Waals surface area contributed by atoms with E-state index in [1.807, 2.05) is 30.3 Å². The number of nitriles is 1. The zero-order valence-electron chi connectivity index (χ0n) is 13.4. The highest BCUT2D eigenvalue weighted by molar-refractivity contribution is 6.33. The third-order valence-electron chi connectivity index (χ3n) is 4.39. The van der Waals surface area contributed by atoms with Crippen LogP contribution in [0.3, 0.4) is 0 Å². The fourth-order valence-corrected chi connectivity index (χ4v) is 2.97. The molecule has 0 atom stereocenters. The minimum absolute atomic E-state index is 0.203. The summed E-state index contributed by atoms with van der Waals surface area (Å²) in [4.78, 5) is 15.4. The molecule has 0 N–H and O–H groups in total. The smallest absolute Gasteiger partial charge is 0.127 e. The third-order valence-corrected chi connectivity index (χ3v) is 4.39. The second-order valence-corrected chi connectivity index (χ2v) is 5.87. The Bertz CT molecular complexity index is 779. The molecule has 1 heterocycles. The van der Waals surface area contributed by atoms with Gasteiger partial charge in [0.1, 0.15) is 19.6 Å². The van der Waals surface area contributed by atoms with Gasteiger partial charge in [-0.25, -0.2) is 0 Å². The Kier molecular flexibility index (Phi) is 4.92. The maximum Gasteiger partial charge on any atom is 0.127 e. The topological polar surface area (TPSA) is 59.7 Å². The number of rotatable bonds is 4. The van der Waals surface area contributed by atoms with Crippen LogP contribution in [0.25, 0.3) is 0 Å². The van der Waals surface area contributed by atoms with Crippen LogP contribution in [0.15, 0.2) is 47.6 Å². The van der Waals surface area contributed by atoms with Crippen LogP contribution in [-0.2, 0) is 6.54 Å². The molecule has 5 nitrogen and oxygen atoms in total. The number of piperazine rings is 1. The number of benzene rings is 2. The van der Waals surface area contributed by atoms with Crippen LogP contribution < -0.4 is 10.4 Å². The molecule has 0 amide bonds. The van der Waals surface area contributed by atoms with Crippen LogP contribution in [0.1, 0.15) is 11.1 Å². The zero-order chi connectivity index (χ0) is 16.9. The van der Waals surface area contributed by atoms with Gasteiger partial charge in [-0.05, 0) is 28.9 Å². The Hall–Kier alpha value is -2.65. The molecule has 0 saturated carbocycles. The molecule has 1 aliphatic heterocycles. The first-order valence-corrected chi connectivity index (χ1v) is 7.89. The summed E-state index contributed by atoms with van der Waals surface area (Å²) in [6.07, 6.45) is 0. The van der Waals surface area contributed by atoms with E-state index in [2.05, 4.69) is 21.0 Å². The van der Waals surface area contributed by atoms with E-state index in [4.69, 9.17) is 13.1 Å². The molecule has 0 spiro atoms. The fourth-order valence-electron chi connectivity index (χ4n) is 2.97. The monoisotopic (exact) mass is 316 g/mol. The molecule has 3 rings (SSSR count). The Labute approximate surface area is 142 Å². The molecule has 6 heteroatoms. The lowest BCUT2D eigenvalue weighted by Gasteiger charge is -2.36. The van der Waals surface area contributed by atoms with Crippen LogP contribution in [0.2, 0.25) is 0 Å². The quantitative estimate of drug-likeness (QED) is 0.640. The maximum absolute atomic E-state index is 10.9. The summed E-state index contributed by atoms with van der Waals surface area (Å²) in [6, 6.07) is 15.1. The second kappa shape index (κ2) is 7.28. The van der Waals surface area contributed by atoms with Gasteiger partial charge in [-0.15, -0.1) is 4.91 Å². The van der Waals surface area contributed by atoms with Crippen molar-refractivity contribution >= 4 is 24.7 Å². The molecule has 2 aromatic carbocycles. The van der Waals surface area contributed by atoms with Crippen molar-refractivity contribution in [3.05, 3.63) is 58.5 Å². The van der Waals surface area contributed by atoms with Gasteiger partial charge >= 0.3 is 0 Å². The fraction of sp³-hybridized carbons (Fsp3) is 0.278. The van der Waals surface area contributed by atoms with Crippen molar-refractivity contribution in [1.29, 1.82) is 5.26 Å². The molecule has 1 aliphatic rings. The average molecular weight is 316 g/mol. The molecule has 0 unspecified atom stereocenters. The highest BCUT2D eigenvalue weighted by Crippen LogP contribution is 2.26. The first-order chi connectivity index (χ1) is 11.7. The number of anilines is 1. The number of hydrogen-bond donors (Lipinski definition) is 0. The predicted molar refractivity (Wildman–Crippen MR) is 95.9 cm³/mol. The van der Waals surface area contributed by atoms with Gasteiger partial charge in [0, 0.05) is 38.4 Å². The lowest BCUT2D eigenvalue weighted by atomic mass is 9.90. The summed E-state index contributed by atoms with van der Waals surface area (Å²) in [6.45, 7) is 4.39. The molecule has 0 bridgehead atoms. The number of nitrogens with zero attached hydrogens (tertiary/aromatic N) is 4. The standard InChI is InChI=1S/C18H17BN4O/c19-17-4-2-1-3-15(17)13-22-7-9-23(10-8-22)16-6-5-14(12-20)18(11-16)21-24/h1-6,11H,7-10,13H2. The van der Waals surface area contributed by atoms with E-state index in [1.165, 1.54) is 0 Å². The van der Waals surface area contributed by atoms with Gasteiger partial charge in [0.05, 0.1) is 5.56 Å².